The van der Waals surface area contributed by atoms with E-state index in [1.165, 1.54) is 0 Å². The number of hydrogen-bond acceptors (Lipinski definition) is 6. The Balaban J connectivity index is 0.000000358. The molecule has 0 aliphatic rings. The number of benzene rings is 3. The van der Waals surface area contributed by atoms with Crippen LogP contribution in [0.25, 0.3) is 0 Å². The number of carbonyl (C=O) groups is 2. The van der Waals surface area contributed by atoms with Crippen molar-refractivity contribution in [3.05, 3.63) is 75.5 Å². The minimum Gasteiger partial charge on any atom is -0.478 e. The number of alkyl halides is 9. The molecule has 3 aromatic rings. The number of rotatable bonds is 7. The summed E-state index contributed by atoms with van der Waals surface area (Å²) in [4.78, 5) is 21.7. The molecule has 0 aliphatic heterocycles. The first-order valence-corrected chi connectivity index (χ1v) is 11.3. The van der Waals surface area contributed by atoms with E-state index < -0.39 is 88.4 Å². The molecule has 44 heavy (non-hydrogen) atoms. The standard InChI is InChI=1S/C15H6F8O5.C8H3BrF4O3/c16-7-5-6(1-2-8(7)27-14(18,19)20)26-9-3-4-10(28-15(21,22)23)12(17)11(9)13(24)25;9-3-1-2-4(16-8(11,12)13)6(10)5(3)7(14)15/h1-5H,(H,24,25);1-2H,(H,14,15). The van der Waals surface area contributed by atoms with Crippen LogP contribution >= 0.6 is 15.9 Å². The lowest BCUT2D eigenvalue weighted by Gasteiger charge is -2.15. The number of carboxylic acids is 2. The summed E-state index contributed by atoms with van der Waals surface area (Å²) in [5, 5.41) is 17.6. The molecule has 21 heteroatoms. The van der Waals surface area contributed by atoms with Crippen molar-refractivity contribution in [1.82, 2.24) is 0 Å². The Morgan fingerprint density at radius 2 is 0.977 bits per heavy atom. The highest BCUT2D eigenvalue weighted by Gasteiger charge is 2.36. The Bertz CT molecular complexity index is 1540. The predicted molar refractivity (Wildman–Crippen MR) is 121 cm³/mol. The third kappa shape index (κ3) is 10.3. The second-order valence-electron chi connectivity index (χ2n) is 7.43. The molecule has 0 radical (unpaired) electrons. The quantitative estimate of drug-likeness (QED) is 0.234. The summed E-state index contributed by atoms with van der Waals surface area (Å²) in [6.45, 7) is 0. The first-order valence-electron chi connectivity index (χ1n) is 10.5. The van der Waals surface area contributed by atoms with Crippen molar-refractivity contribution in [2.45, 2.75) is 19.1 Å². The monoisotopic (exact) mass is 720 g/mol. The van der Waals surface area contributed by atoms with Crippen LogP contribution in [0.5, 0.6) is 28.7 Å². The van der Waals surface area contributed by atoms with Crippen LogP contribution in [-0.2, 0) is 0 Å². The molecule has 0 saturated heterocycles. The summed E-state index contributed by atoms with van der Waals surface area (Å²) >= 11 is 2.70. The van der Waals surface area contributed by atoms with Crippen molar-refractivity contribution in [2.24, 2.45) is 0 Å². The fourth-order valence-electron chi connectivity index (χ4n) is 2.84. The molecule has 0 saturated carbocycles. The van der Waals surface area contributed by atoms with Crippen LogP contribution in [-0.4, -0.2) is 41.2 Å². The molecule has 0 spiro atoms. The van der Waals surface area contributed by atoms with Crippen molar-refractivity contribution >= 4 is 27.9 Å². The lowest BCUT2D eigenvalue weighted by Crippen LogP contribution is -2.19. The molecule has 8 nitrogen and oxygen atoms in total. The third-order valence-electron chi connectivity index (χ3n) is 4.36. The van der Waals surface area contributed by atoms with Gasteiger partial charge in [0.25, 0.3) is 0 Å². The Kier molecular flexibility index (Phi) is 10.8. The molecule has 0 unspecified atom stereocenters. The van der Waals surface area contributed by atoms with Gasteiger partial charge in [0, 0.05) is 10.5 Å². The van der Waals surface area contributed by atoms with E-state index >= 15 is 0 Å². The molecule has 240 valence electrons. The predicted octanol–water partition coefficient (Wildman–Crippen LogP) is 8.44. The third-order valence-corrected chi connectivity index (χ3v) is 5.02. The van der Waals surface area contributed by atoms with Crippen molar-refractivity contribution in [3.63, 3.8) is 0 Å². The lowest BCUT2D eigenvalue weighted by atomic mass is 10.1. The Labute approximate surface area is 243 Å². The zero-order chi connectivity index (χ0) is 33.8. The summed E-state index contributed by atoms with van der Waals surface area (Å²) in [7, 11) is 0. The minimum absolute atomic E-state index is 0.174. The second kappa shape index (κ2) is 13.4. The van der Waals surface area contributed by atoms with Crippen molar-refractivity contribution in [1.29, 1.82) is 0 Å². The van der Waals surface area contributed by atoms with E-state index in [1.807, 2.05) is 0 Å². The van der Waals surface area contributed by atoms with Crippen LogP contribution in [0, 0.1) is 17.5 Å². The van der Waals surface area contributed by atoms with Gasteiger partial charge < -0.3 is 29.2 Å². The first-order chi connectivity index (χ1) is 20.0. The van der Waals surface area contributed by atoms with Gasteiger partial charge in [-0.25, -0.2) is 22.8 Å². The number of carboxylic acid groups (broad SMARTS) is 2. The molecular formula is C23H9BrF12O8. The van der Waals surface area contributed by atoms with Crippen molar-refractivity contribution < 1.29 is 91.4 Å². The fourth-order valence-corrected chi connectivity index (χ4v) is 3.32. The van der Waals surface area contributed by atoms with Gasteiger partial charge in [-0.15, -0.1) is 39.5 Å². The van der Waals surface area contributed by atoms with Crippen LogP contribution in [0.4, 0.5) is 52.7 Å². The molecule has 0 aliphatic carbocycles. The highest BCUT2D eigenvalue weighted by Crippen LogP contribution is 2.36. The van der Waals surface area contributed by atoms with Crippen LogP contribution in [0.1, 0.15) is 20.7 Å². The summed E-state index contributed by atoms with van der Waals surface area (Å²) in [5.74, 6) is -14.1. The summed E-state index contributed by atoms with van der Waals surface area (Å²) in [6, 6.07) is 4.22. The van der Waals surface area contributed by atoms with E-state index in [2.05, 4.69) is 30.1 Å². The smallest absolute Gasteiger partial charge is 0.478 e. The van der Waals surface area contributed by atoms with Gasteiger partial charge in [0.15, 0.2) is 34.7 Å². The van der Waals surface area contributed by atoms with E-state index in [1.54, 1.807) is 0 Å². The number of aromatic carboxylic acids is 2. The Morgan fingerprint density at radius 1 is 0.591 bits per heavy atom. The SMILES string of the molecule is O=C(O)c1c(Br)ccc(OC(F)(F)F)c1F.O=C(O)c1c(Oc2ccc(OC(F)(F)F)c(F)c2)ccc(OC(F)(F)F)c1F. The van der Waals surface area contributed by atoms with Gasteiger partial charge in [-0.1, -0.05) is 0 Å². The molecule has 0 aromatic heterocycles. The lowest BCUT2D eigenvalue weighted by molar-refractivity contribution is -0.276. The molecular weight excluding hydrogens is 712 g/mol. The highest BCUT2D eigenvalue weighted by atomic mass is 79.9. The second-order valence-corrected chi connectivity index (χ2v) is 8.29. The van der Waals surface area contributed by atoms with E-state index in [-0.39, 0.29) is 4.47 Å². The van der Waals surface area contributed by atoms with Crippen LogP contribution in [0.15, 0.2) is 46.9 Å². The van der Waals surface area contributed by atoms with Crippen LogP contribution in [0.3, 0.4) is 0 Å². The Hall–Kier alpha value is -4.56. The number of ether oxygens (including phenoxy) is 4. The molecule has 3 rings (SSSR count). The molecule has 0 heterocycles. The molecule has 0 atom stereocenters. The average Bonchev–Trinajstić information content (AvgIpc) is 2.82. The minimum atomic E-state index is -5.31. The van der Waals surface area contributed by atoms with E-state index in [0.717, 1.165) is 12.1 Å². The zero-order valence-electron chi connectivity index (χ0n) is 20.3. The largest absolute Gasteiger partial charge is 0.573 e. The maximum atomic E-state index is 14.0. The van der Waals surface area contributed by atoms with Gasteiger partial charge in [0.1, 0.15) is 22.6 Å². The normalized spacial score (nSPS) is 11.7. The fraction of sp³-hybridized carbons (Fsp3) is 0.130. The van der Waals surface area contributed by atoms with Crippen LogP contribution < -0.4 is 18.9 Å². The first kappa shape index (κ1) is 35.6. The maximum absolute atomic E-state index is 14.0. The van der Waals surface area contributed by atoms with Gasteiger partial charge >= 0.3 is 31.0 Å². The van der Waals surface area contributed by atoms with E-state index in [9.17, 15) is 62.3 Å². The summed E-state index contributed by atoms with van der Waals surface area (Å²) in [6.07, 6.45) is -15.6. The topological polar surface area (TPSA) is 112 Å². The van der Waals surface area contributed by atoms with Gasteiger partial charge in [0.2, 0.25) is 0 Å². The highest BCUT2D eigenvalue weighted by molar-refractivity contribution is 9.10. The number of halogens is 13. The molecule has 0 bridgehead atoms. The summed E-state index contributed by atoms with van der Waals surface area (Å²) in [5.41, 5.74) is -2.29. The van der Waals surface area contributed by atoms with Gasteiger partial charge in [0.05, 0.1) is 0 Å². The Morgan fingerprint density at radius 3 is 1.41 bits per heavy atom. The van der Waals surface area contributed by atoms with Crippen molar-refractivity contribution in [2.75, 3.05) is 0 Å². The summed E-state index contributed by atoms with van der Waals surface area (Å²) < 4.78 is 164. The van der Waals surface area contributed by atoms with Crippen molar-refractivity contribution in [3.8, 4) is 28.7 Å². The molecule has 2 N–H and O–H groups in total. The van der Waals surface area contributed by atoms with Gasteiger partial charge in [-0.2, -0.15) is 0 Å². The van der Waals surface area contributed by atoms with Crippen LogP contribution in [0.2, 0.25) is 0 Å². The average molecular weight is 721 g/mol. The van der Waals surface area contributed by atoms with Gasteiger partial charge in [-0.3, -0.25) is 0 Å². The van der Waals surface area contributed by atoms with Gasteiger partial charge in [-0.05, 0) is 52.3 Å². The van der Waals surface area contributed by atoms with E-state index in [0.29, 0.717) is 30.3 Å². The maximum Gasteiger partial charge on any atom is 0.573 e. The zero-order valence-corrected chi connectivity index (χ0v) is 21.9. The molecule has 3 aromatic carbocycles. The molecule has 0 amide bonds. The number of hydrogen-bond donors (Lipinski definition) is 2. The molecule has 0 fully saturated rings. The van der Waals surface area contributed by atoms with E-state index in [4.69, 9.17) is 14.9 Å².